The lowest BCUT2D eigenvalue weighted by Gasteiger charge is -2.38. The second-order valence-electron chi connectivity index (χ2n) is 7.70. The third-order valence-electron chi connectivity index (χ3n) is 5.75. The van der Waals surface area contributed by atoms with Crippen LogP contribution in [0.5, 0.6) is 0 Å². The van der Waals surface area contributed by atoms with Crippen molar-refractivity contribution in [2.45, 2.75) is 70.5 Å². The number of rotatable bonds is 5. The van der Waals surface area contributed by atoms with Gasteiger partial charge >= 0.3 is 0 Å². The van der Waals surface area contributed by atoms with Gasteiger partial charge in [-0.05, 0) is 51.2 Å². The third kappa shape index (κ3) is 3.05. The summed E-state index contributed by atoms with van der Waals surface area (Å²) in [6.45, 7) is 4.16. The minimum atomic E-state index is 0.416. The van der Waals surface area contributed by atoms with Gasteiger partial charge in [-0.15, -0.1) is 5.10 Å². The third-order valence-corrected chi connectivity index (χ3v) is 6.57. The number of hydrogen-bond acceptors (Lipinski definition) is 7. The van der Waals surface area contributed by atoms with Crippen molar-refractivity contribution in [1.82, 2.24) is 24.0 Å². The molecular weight excluding hydrogens is 358 g/mol. The van der Waals surface area contributed by atoms with Crippen molar-refractivity contribution in [2.24, 2.45) is 0 Å². The Morgan fingerprint density at radius 2 is 2.00 bits per heavy atom. The standard InChI is InChI=1S/C19H25N7S/c1-3-5-14-6-4-7-17-22-18(23-26(14)17)21-13-10-15-8-9-16(11-13)25(15)19-20-12(2)24-27-19/h4,6-7,13,15-16H,3,5,8-11H2,1-2H3,(H,21,23). The number of aryl methyl sites for hydroxylation is 2. The molecule has 27 heavy (non-hydrogen) atoms. The van der Waals surface area contributed by atoms with Crippen LogP contribution in [0.3, 0.4) is 0 Å². The first-order valence-electron chi connectivity index (χ1n) is 9.91. The van der Waals surface area contributed by atoms with Crippen LogP contribution in [0.15, 0.2) is 18.2 Å². The van der Waals surface area contributed by atoms with E-state index in [0.717, 1.165) is 48.2 Å². The number of anilines is 2. The lowest BCUT2D eigenvalue weighted by Crippen LogP contribution is -2.47. The molecule has 3 aromatic rings. The van der Waals surface area contributed by atoms with Crippen LogP contribution in [0.1, 0.15) is 50.5 Å². The fourth-order valence-electron chi connectivity index (χ4n) is 4.65. The van der Waals surface area contributed by atoms with E-state index in [-0.39, 0.29) is 0 Å². The summed E-state index contributed by atoms with van der Waals surface area (Å²) in [7, 11) is 0. The summed E-state index contributed by atoms with van der Waals surface area (Å²) in [5.74, 6) is 1.63. The predicted molar refractivity (Wildman–Crippen MR) is 108 cm³/mol. The molecule has 0 saturated carbocycles. The van der Waals surface area contributed by atoms with E-state index in [1.165, 1.54) is 30.1 Å². The van der Waals surface area contributed by atoms with Gasteiger partial charge in [0.1, 0.15) is 5.82 Å². The average Bonchev–Trinajstić information content (AvgIpc) is 3.32. The fourth-order valence-corrected chi connectivity index (χ4v) is 5.47. The topological polar surface area (TPSA) is 71.2 Å². The molecule has 7 nitrogen and oxygen atoms in total. The Morgan fingerprint density at radius 1 is 1.19 bits per heavy atom. The fraction of sp³-hybridized carbons (Fsp3) is 0.579. The van der Waals surface area contributed by atoms with Gasteiger partial charge in [-0.25, -0.2) is 9.50 Å². The molecule has 8 heteroatoms. The number of pyridine rings is 1. The van der Waals surface area contributed by atoms with Crippen molar-refractivity contribution in [1.29, 1.82) is 0 Å². The molecule has 3 aromatic heterocycles. The molecule has 2 atom stereocenters. The number of fused-ring (bicyclic) bond motifs is 3. The van der Waals surface area contributed by atoms with E-state index in [1.54, 1.807) is 0 Å². The molecular formula is C19H25N7S. The van der Waals surface area contributed by atoms with Gasteiger partial charge in [0, 0.05) is 35.4 Å². The van der Waals surface area contributed by atoms with E-state index in [1.807, 2.05) is 17.5 Å². The number of piperidine rings is 1. The number of aromatic nitrogens is 5. The van der Waals surface area contributed by atoms with Crippen molar-refractivity contribution in [3.8, 4) is 0 Å². The van der Waals surface area contributed by atoms with E-state index < -0.39 is 0 Å². The summed E-state index contributed by atoms with van der Waals surface area (Å²) in [5, 5.41) is 9.44. The van der Waals surface area contributed by atoms with E-state index in [9.17, 15) is 0 Å². The molecule has 0 radical (unpaired) electrons. The Morgan fingerprint density at radius 3 is 2.70 bits per heavy atom. The Kier molecular flexibility index (Phi) is 4.22. The van der Waals surface area contributed by atoms with E-state index in [2.05, 4.69) is 38.6 Å². The molecule has 5 heterocycles. The molecule has 1 N–H and O–H groups in total. The molecule has 2 fully saturated rings. The van der Waals surface area contributed by atoms with Gasteiger partial charge in [0.25, 0.3) is 0 Å². The maximum absolute atomic E-state index is 4.74. The highest BCUT2D eigenvalue weighted by Gasteiger charge is 2.42. The van der Waals surface area contributed by atoms with Gasteiger partial charge in [-0.2, -0.15) is 9.36 Å². The van der Waals surface area contributed by atoms with Crippen LogP contribution >= 0.6 is 11.5 Å². The minimum absolute atomic E-state index is 0.416. The number of nitrogens with zero attached hydrogens (tertiary/aromatic N) is 6. The monoisotopic (exact) mass is 383 g/mol. The van der Waals surface area contributed by atoms with Crippen LogP contribution in [0, 0.1) is 6.92 Å². The predicted octanol–water partition coefficient (Wildman–Crippen LogP) is 3.45. The Balaban J connectivity index is 1.33. The molecule has 0 spiro atoms. The van der Waals surface area contributed by atoms with Gasteiger partial charge in [-0.1, -0.05) is 19.4 Å². The van der Waals surface area contributed by atoms with Crippen molar-refractivity contribution >= 4 is 28.3 Å². The van der Waals surface area contributed by atoms with Crippen LogP contribution in [-0.2, 0) is 6.42 Å². The second-order valence-corrected chi connectivity index (χ2v) is 8.43. The Hall–Kier alpha value is -2.22. The normalized spacial score (nSPS) is 24.7. The molecule has 0 amide bonds. The van der Waals surface area contributed by atoms with Gasteiger partial charge < -0.3 is 10.2 Å². The SMILES string of the molecule is CCCc1cccc2nc(NC3CC4CCC(C3)N4c3nc(C)ns3)nn12. The van der Waals surface area contributed by atoms with Crippen molar-refractivity contribution in [3.05, 3.63) is 29.7 Å². The quantitative estimate of drug-likeness (QED) is 0.728. The van der Waals surface area contributed by atoms with Crippen LogP contribution in [0.2, 0.25) is 0 Å². The van der Waals surface area contributed by atoms with Crippen molar-refractivity contribution < 1.29 is 0 Å². The molecule has 2 aliphatic rings. The molecule has 2 bridgehead atoms. The van der Waals surface area contributed by atoms with Crippen LogP contribution in [0.4, 0.5) is 11.1 Å². The summed E-state index contributed by atoms with van der Waals surface area (Å²) >= 11 is 1.53. The lowest BCUT2D eigenvalue weighted by atomic mass is 9.98. The van der Waals surface area contributed by atoms with E-state index in [0.29, 0.717) is 18.1 Å². The molecule has 0 aliphatic carbocycles. The van der Waals surface area contributed by atoms with Crippen LogP contribution in [0.25, 0.3) is 5.65 Å². The Labute approximate surface area is 163 Å². The van der Waals surface area contributed by atoms with Gasteiger partial charge in [-0.3, -0.25) is 0 Å². The largest absolute Gasteiger partial charge is 0.350 e. The summed E-state index contributed by atoms with van der Waals surface area (Å²) in [6.07, 6.45) is 6.80. The van der Waals surface area contributed by atoms with Crippen molar-refractivity contribution in [2.75, 3.05) is 10.2 Å². The van der Waals surface area contributed by atoms with Crippen LogP contribution < -0.4 is 10.2 Å². The highest BCUT2D eigenvalue weighted by Crippen LogP contribution is 2.40. The van der Waals surface area contributed by atoms with E-state index in [4.69, 9.17) is 10.1 Å². The summed E-state index contributed by atoms with van der Waals surface area (Å²) < 4.78 is 6.36. The highest BCUT2D eigenvalue weighted by molar-refractivity contribution is 7.09. The maximum atomic E-state index is 4.74. The minimum Gasteiger partial charge on any atom is -0.350 e. The summed E-state index contributed by atoms with van der Waals surface area (Å²) in [6, 6.07) is 7.74. The first-order valence-corrected chi connectivity index (χ1v) is 10.7. The highest BCUT2D eigenvalue weighted by atomic mass is 32.1. The smallest absolute Gasteiger partial charge is 0.243 e. The van der Waals surface area contributed by atoms with Crippen molar-refractivity contribution in [3.63, 3.8) is 0 Å². The molecule has 2 aliphatic heterocycles. The molecule has 0 aromatic carbocycles. The van der Waals surface area contributed by atoms with Gasteiger partial charge in [0.15, 0.2) is 5.65 Å². The first kappa shape index (κ1) is 16.9. The second kappa shape index (κ2) is 6.74. The van der Waals surface area contributed by atoms with Gasteiger partial charge in [0.2, 0.25) is 11.1 Å². The zero-order valence-corrected chi connectivity index (χ0v) is 16.6. The number of nitrogens with one attached hydrogen (secondary N) is 1. The average molecular weight is 384 g/mol. The Bertz CT molecular complexity index is 935. The van der Waals surface area contributed by atoms with E-state index >= 15 is 0 Å². The summed E-state index contributed by atoms with van der Waals surface area (Å²) in [5.41, 5.74) is 2.14. The van der Waals surface area contributed by atoms with Crippen LogP contribution in [-0.4, -0.2) is 42.1 Å². The zero-order valence-electron chi connectivity index (χ0n) is 15.8. The molecule has 2 unspecified atom stereocenters. The summed E-state index contributed by atoms with van der Waals surface area (Å²) in [4.78, 5) is 11.8. The van der Waals surface area contributed by atoms with Gasteiger partial charge in [0.05, 0.1) is 0 Å². The maximum Gasteiger partial charge on any atom is 0.243 e. The first-order chi connectivity index (χ1) is 13.2. The lowest BCUT2D eigenvalue weighted by molar-refractivity contribution is 0.431. The zero-order chi connectivity index (χ0) is 18.4. The molecule has 2 saturated heterocycles. The number of hydrogen-bond donors (Lipinski definition) is 1. The molecule has 5 rings (SSSR count). The molecule has 142 valence electrons.